The van der Waals surface area contributed by atoms with Gasteiger partial charge in [0.05, 0.1) is 13.2 Å². The summed E-state index contributed by atoms with van der Waals surface area (Å²) in [6, 6.07) is 20.4. The van der Waals surface area contributed by atoms with E-state index in [0.29, 0.717) is 6.42 Å². The average Bonchev–Trinajstić information content (AvgIpc) is 2.73. The van der Waals surface area contributed by atoms with Crippen molar-refractivity contribution in [1.82, 2.24) is 0 Å². The van der Waals surface area contributed by atoms with E-state index in [4.69, 9.17) is 18.3 Å². The maximum atomic E-state index is 12.7. The number of hydrogen-bond acceptors (Lipinski definition) is 5. The molecular formula is C23H30O5P. The Morgan fingerprint density at radius 1 is 0.931 bits per heavy atom. The lowest BCUT2D eigenvalue weighted by Crippen LogP contribution is -2.28. The molecule has 0 aliphatic rings. The number of hydrogen-bond donors (Lipinski definition) is 0. The molecule has 0 aliphatic heterocycles. The van der Waals surface area contributed by atoms with E-state index in [-0.39, 0.29) is 13.2 Å². The van der Waals surface area contributed by atoms with Gasteiger partial charge in [0, 0.05) is 13.0 Å². The van der Waals surface area contributed by atoms with Crippen molar-refractivity contribution in [2.45, 2.75) is 33.0 Å². The quantitative estimate of drug-likeness (QED) is 0.235. The van der Waals surface area contributed by atoms with Gasteiger partial charge in [-0.15, -0.1) is 0 Å². The molecule has 0 heterocycles. The van der Waals surface area contributed by atoms with Crippen molar-refractivity contribution in [2.24, 2.45) is 0 Å². The van der Waals surface area contributed by atoms with Crippen LogP contribution in [0.5, 0.6) is 0 Å². The molecular weight excluding hydrogens is 387 g/mol. The van der Waals surface area contributed by atoms with Crippen LogP contribution in [0.1, 0.15) is 38.3 Å². The molecule has 29 heavy (non-hydrogen) atoms. The predicted molar refractivity (Wildman–Crippen MR) is 115 cm³/mol. The van der Waals surface area contributed by atoms with Crippen LogP contribution in [0.15, 0.2) is 72.8 Å². The van der Waals surface area contributed by atoms with Crippen molar-refractivity contribution in [3.8, 4) is 0 Å². The first kappa shape index (κ1) is 23.5. The third-order valence-corrected chi connectivity index (χ3v) is 5.99. The van der Waals surface area contributed by atoms with Gasteiger partial charge in [-0.3, -0.25) is 13.6 Å². The molecule has 0 amide bonds. The highest BCUT2D eigenvalue weighted by molar-refractivity contribution is 7.48. The van der Waals surface area contributed by atoms with Crippen molar-refractivity contribution < 1.29 is 22.9 Å². The predicted octanol–water partition coefficient (Wildman–Crippen LogP) is 6.16. The van der Waals surface area contributed by atoms with Crippen LogP contribution in [-0.4, -0.2) is 26.1 Å². The summed E-state index contributed by atoms with van der Waals surface area (Å²) >= 11 is 0. The molecule has 5 nitrogen and oxygen atoms in total. The van der Waals surface area contributed by atoms with Crippen LogP contribution in [0, 0.1) is 5.92 Å². The SMILES string of the molecule is CCOP(=O)(OCC)OC(C)(/C=C/C[C](c1ccccc1)c1ccccc1)OC. The molecule has 2 aromatic rings. The Morgan fingerprint density at radius 3 is 1.83 bits per heavy atom. The second-order valence-electron chi connectivity index (χ2n) is 6.41. The zero-order valence-corrected chi connectivity index (χ0v) is 18.4. The van der Waals surface area contributed by atoms with E-state index in [0.717, 1.165) is 11.1 Å². The number of rotatable bonds is 12. The van der Waals surface area contributed by atoms with Crippen LogP contribution in [0.4, 0.5) is 0 Å². The Balaban J connectivity index is 2.20. The number of phosphoric ester groups is 1. The van der Waals surface area contributed by atoms with Gasteiger partial charge in [-0.2, -0.15) is 0 Å². The van der Waals surface area contributed by atoms with Gasteiger partial charge in [-0.05, 0) is 44.4 Å². The van der Waals surface area contributed by atoms with Crippen molar-refractivity contribution in [2.75, 3.05) is 20.3 Å². The molecule has 0 aliphatic carbocycles. The lowest BCUT2D eigenvalue weighted by Gasteiger charge is -2.28. The Hall–Kier alpha value is -1.75. The Bertz CT molecular complexity index is 744. The molecule has 0 aromatic heterocycles. The summed E-state index contributed by atoms with van der Waals surface area (Å²) in [7, 11) is -2.23. The smallest absolute Gasteiger partial charge is 0.349 e. The molecule has 1 radical (unpaired) electrons. The first-order valence-electron chi connectivity index (χ1n) is 9.74. The standard InChI is InChI=1S/C23H30O5P/c1-5-26-29(24,27-6-2)28-23(3,25-4)19-13-18-22(20-14-9-7-10-15-20)21-16-11-8-12-17-21/h7-17,19H,5-6,18H2,1-4H3/b19-13+. The number of allylic oxidation sites excluding steroid dienone is 1. The van der Waals surface area contributed by atoms with Gasteiger partial charge in [0.2, 0.25) is 0 Å². The number of methoxy groups -OCH3 is 1. The molecule has 1 unspecified atom stereocenters. The van der Waals surface area contributed by atoms with Crippen molar-refractivity contribution >= 4 is 7.82 Å². The molecule has 6 heteroatoms. The van der Waals surface area contributed by atoms with E-state index in [2.05, 4.69) is 24.3 Å². The van der Waals surface area contributed by atoms with Crippen LogP contribution in [-0.2, 0) is 22.9 Å². The lowest BCUT2D eigenvalue weighted by molar-refractivity contribution is -0.127. The van der Waals surface area contributed by atoms with Gasteiger partial charge in [-0.1, -0.05) is 66.7 Å². The first-order valence-corrected chi connectivity index (χ1v) is 11.2. The summed E-state index contributed by atoms with van der Waals surface area (Å²) in [6.45, 7) is 5.56. The molecule has 0 spiro atoms. The fourth-order valence-corrected chi connectivity index (χ4v) is 4.23. The van der Waals surface area contributed by atoms with Crippen LogP contribution in [0.3, 0.4) is 0 Å². The fourth-order valence-electron chi connectivity index (χ4n) is 2.84. The highest BCUT2D eigenvalue weighted by Crippen LogP contribution is 2.53. The minimum Gasteiger partial charge on any atom is -0.349 e. The monoisotopic (exact) mass is 417 g/mol. The maximum Gasteiger partial charge on any atom is 0.477 e. The van der Waals surface area contributed by atoms with Crippen LogP contribution < -0.4 is 0 Å². The van der Waals surface area contributed by atoms with Crippen molar-refractivity contribution in [3.63, 3.8) is 0 Å². The lowest BCUT2D eigenvalue weighted by atomic mass is 9.88. The Morgan fingerprint density at radius 2 is 1.41 bits per heavy atom. The number of benzene rings is 2. The molecule has 0 bridgehead atoms. The van der Waals surface area contributed by atoms with E-state index in [1.165, 1.54) is 13.0 Å². The molecule has 1 atom stereocenters. The topological polar surface area (TPSA) is 54.0 Å². The highest BCUT2D eigenvalue weighted by Gasteiger charge is 2.36. The Labute approximate surface area is 174 Å². The van der Waals surface area contributed by atoms with Gasteiger partial charge in [0.1, 0.15) is 0 Å². The van der Waals surface area contributed by atoms with Gasteiger partial charge >= 0.3 is 7.82 Å². The zero-order valence-electron chi connectivity index (χ0n) is 17.5. The number of ether oxygens (including phenoxy) is 1. The molecule has 0 fully saturated rings. The minimum atomic E-state index is -3.72. The molecule has 157 valence electrons. The van der Waals surface area contributed by atoms with Gasteiger partial charge in [0.25, 0.3) is 0 Å². The van der Waals surface area contributed by atoms with E-state index in [9.17, 15) is 4.57 Å². The summed E-state index contributed by atoms with van der Waals surface area (Å²) in [6.07, 6.45) is 4.33. The summed E-state index contributed by atoms with van der Waals surface area (Å²) in [5.74, 6) is -0.0862. The number of phosphoric acid groups is 1. The van der Waals surface area contributed by atoms with Gasteiger partial charge < -0.3 is 4.74 Å². The van der Waals surface area contributed by atoms with E-state index < -0.39 is 13.6 Å². The third kappa shape index (κ3) is 7.22. The summed E-state index contributed by atoms with van der Waals surface area (Å²) in [5, 5.41) is 0. The second-order valence-corrected chi connectivity index (χ2v) is 8.00. The first-order chi connectivity index (χ1) is 14.0. The van der Waals surface area contributed by atoms with E-state index in [1.54, 1.807) is 26.8 Å². The minimum absolute atomic E-state index is 0.209. The molecule has 2 aromatic carbocycles. The summed E-state index contributed by atoms with van der Waals surface area (Å²) < 4.78 is 34.3. The molecule has 0 saturated carbocycles. The van der Waals surface area contributed by atoms with Crippen LogP contribution in [0.25, 0.3) is 0 Å². The molecule has 2 rings (SSSR count). The summed E-state index contributed by atoms with van der Waals surface area (Å²) in [4.78, 5) is 0. The summed E-state index contributed by atoms with van der Waals surface area (Å²) in [5.41, 5.74) is 2.27. The maximum absolute atomic E-state index is 12.7. The molecule has 0 saturated heterocycles. The Kier molecular flexibility index (Phi) is 9.28. The third-order valence-electron chi connectivity index (χ3n) is 4.26. The zero-order chi connectivity index (χ0) is 21.2. The largest absolute Gasteiger partial charge is 0.477 e. The normalized spacial score (nSPS) is 14.4. The average molecular weight is 417 g/mol. The van der Waals surface area contributed by atoms with Crippen molar-refractivity contribution in [1.29, 1.82) is 0 Å². The second kappa shape index (κ2) is 11.4. The van der Waals surface area contributed by atoms with Crippen LogP contribution >= 0.6 is 7.82 Å². The van der Waals surface area contributed by atoms with E-state index in [1.807, 2.05) is 42.5 Å². The van der Waals surface area contributed by atoms with Gasteiger partial charge in [0.15, 0.2) is 5.79 Å². The fraction of sp³-hybridized carbons (Fsp3) is 0.348. The van der Waals surface area contributed by atoms with E-state index >= 15 is 0 Å². The van der Waals surface area contributed by atoms with Gasteiger partial charge in [-0.25, -0.2) is 4.57 Å². The molecule has 0 N–H and O–H groups in total. The highest BCUT2D eigenvalue weighted by atomic mass is 31.2. The van der Waals surface area contributed by atoms with Crippen molar-refractivity contribution in [3.05, 3.63) is 89.9 Å². The van der Waals surface area contributed by atoms with Crippen LogP contribution in [0.2, 0.25) is 0 Å².